The van der Waals surface area contributed by atoms with Gasteiger partial charge in [0.1, 0.15) is 0 Å². The predicted octanol–water partition coefficient (Wildman–Crippen LogP) is 3.36. The number of amides is 1. The minimum absolute atomic E-state index is 0.00272. The Morgan fingerprint density at radius 2 is 1.78 bits per heavy atom. The largest absolute Gasteiger partial charge is 0.304 e. The molecule has 4 nitrogen and oxygen atoms in total. The molecule has 2 heterocycles. The molecule has 1 fully saturated rings. The minimum atomic E-state index is -0.282. The van der Waals surface area contributed by atoms with Gasteiger partial charge in [-0.15, -0.1) is 0 Å². The number of carbonyl (C=O) groups is 3. The molecule has 23 heavy (non-hydrogen) atoms. The lowest BCUT2D eigenvalue weighted by molar-refractivity contribution is -0.122. The molecule has 0 unspecified atom stereocenters. The molecule has 0 saturated heterocycles. The van der Waals surface area contributed by atoms with Crippen LogP contribution in [0.5, 0.6) is 0 Å². The van der Waals surface area contributed by atoms with Crippen molar-refractivity contribution < 1.29 is 14.4 Å². The summed E-state index contributed by atoms with van der Waals surface area (Å²) in [4.78, 5) is 39.7. The molecule has 0 bridgehead atoms. The SMILES string of the molecule is O=C1CN(C(=O)C2CC2)c2ccccc2C(=O)C1=C1SC=CS1. The van der Waals surface area contributed by atoms with Crippen molar-refractivity contribution in [2.24, 2.45) is 5.92 Å². The van der Waals surface area contributed by atoms with E-state index >= 15 is 0 Å². The number of anilines is 1. The maximum atomic E-state index is 12.9. The highest BCUT2D eigenvalue weighted by molar-refractivity contribution is 8.27. The molecule has 3 aliphatic rings. The molecule has 0 spiro atoms. The van der Waals surface area contributed by atoms with Gasteiger partial charge in [-0.05, 0) is 35.8 Å². The van der Waals surface area contributed by atoms with Gasteiger partial charge in [-0.25, -0.2) is 0 Å². The van der Waals surface area contributed by atoms with E-state index in [1.807, 2.05) is 10.8 Å². The maximum absolute atomic E-state index is 12.9. The van der Waals surface area contributed by atoms with E-state index in [-0.39, 0.29) is 35.5 Å². The van der Waals surface area contributed by atoms with Crippen LogP contribution in [0.3, 0.4) is 0 Å². The molecule has 0 radical (unpaired) electrons. The maximum Gasteiger partial charge on any atom is 0.230 e. The summed E-state index contributed by atoms with van der Waals surface area (Å²) in [6, 6.07) is 7.01. The quantitative estimate of drug-likeness (QED) is 0.578. The molecule has 116 valence electrons. The Labute approximate surface area is 142 Å². The topological polar surface area (TPSA) is 54.5 Å². The Kier molecular flexibility index (Phi) is 3.66. The van der Waals surface area contributed by atoms with Crippen molar-refractivity contribution in [1.82, 2.24) is 0 Å². The number of ketones is 2. The van der Waals surface area contributed by atoms with Crippen molar-refractivity contribution in [1.29, 1.82) is 0 Å². The van der Waals surface area contributed by atoms with E-state index in [2.05, 4.69) is 0 Å². The van der Waals surface area contributed by atoms with Gasteiger partial charge in [-0.2, -0.15) is 0 Å². The van der Waals surface area contributed by atoms with Crippen LogP contribution in [0, 0.1) is 5.92 Å². The number of carbonyl (C=O) groups excluding carboxylic acids is 3. The Morgan fingerprint density at radius 1 is 1.09 bits per heavy atom. The molecule has 1 aromatic rings. The number of para-hydroxylation sites is 1. The summed E-state index contributed by atoms with van der Waals surface area (Å²) in [5.41, 5.74) is 1.20. The first-order valence-electron chi connectivity index (χ1n) is 7.37. The molecule has 2 aliphatic heterocycles. The zero-order valence-corrected chi connectivity index (χ0v) is 13.8. The first-order valence-corrected chi connectivity index (χ1v) is 9.13. The second-order valence-corrected chi connectivity index (χ2v) is 7.73. The third-order valence-corrected chi connectivity index (χ3v) is 6.18. The van der Waals surface area contributed by atoms with E-state index < -0.39 is 0 Å². The lowest BCUT2D eigenvalue weighted by Gasteiger charge is -2.21. The molecule has 0 aromatic heterocycles. The molecule has 1 amide bonds. The van der Waals surface area contributed by atoms with Gasteiger partial charge in [0.2, 0.25) is 5.91 Å². The summed E-state index contributed by atoms with van der Waals surface area (Å²) in [7, 11) is 0. The summed E-state index contributed by atoms with van der Waals surface area (Å²) >= 11 is 2.77. The number of thioether (sulfide) groups is 2. The van der Waals surface area contributed by atoms with E-state index in [0.29, 0.717) is 15.5 Å². The molecular weight excluding hydrogens is 330 g/mol. The summed E-state index contributed by atoms with van der Waals surface area (Å²) in [5.74, 6) is -0.610. The monoisotopic (exact) mass is 343 g/mol. The first kappa shape index (κ1) is 14.8. The van der Waals surface area contributed by atoms with Gasteiger partial charge in [0.15, 0.2) is 11.6 Å². The van der Waals surface area contributed by atoms with Crippen LogP contribution in [0.25, 0.3) is 0 Å². The molecule has 4 rings (SSSR count). The standard InChI is InChI=1S/C17H13NO3S2/c19-13-9-18(16(21)10-5-6-10)12-4-2-1-3-11(12)15(20)14(13)17-22-7-8-23-17/h1-4,7-8,10H,5-6,9H2. The van der Waals surface area contributed by atoms with Gasteiger partial charge in [0.25, 0.3) is 0 Å². The highest BCUT2D eigenvalue weighted by atomic mass is 32.2. The fraction of sp³-hybridized carbons (Fsp3) is 0.235. The van der Waals surface area contributed by atoms with Gasteiger partial charge in [0.05, 0.1) is 22.0 Å². The smallest absolute Gasteiger partial charge is 0.230 e. The fourth-order valence-electron chi connectivity index (χ4n) is 2.75. The van der Waals surface area contributed by atoms with Crippen LogP contribution < -0.4 is 4.90 Å². The number of fused-ring (bicyclic) bond motifs is 1. The molecule has 1 aliphatic carbocycles. The number of Topliss-reactive ketones (excluding diaryl/α,β-unsaturated/α-hetero) is 2. The van der Waals surface area contributed by atoms with E-state index in [4.69, 9.17) is 0 Å². The van der Waals surface area contributed by atoms with E-state index in [9.17, 15) is 14.4 Å². The van der Waals surface area contributed by atoms with Crippen molar-refractivity contribution >= 4 is 46.7 Å². The highest BCUT2D eigenvalue weighted by Gasteiger charge is 2.40. The van der Waals surface area contributed by atoms with Gasteiger partial charge >= 0.3 is 0 Å². The summed E-state index contributed by atoms with van der Waals surface area (Å²) < 4.78 is 0.704. The number of hydrogen-bond acceptors (Lipinski definition) is 5. The second-order valence-electron chi connectivity index (χ2n) is 5.64. The van der Waals surface area contributed by atoms with Crippen LogP contribution in [-0.2, 0) is 9.59 Å². The lowest BCUT2D eigenvalue weighted by atomic mass is 10.0. The molecule has 1 aromatic carbocycles. The van der Waals surface area contributed by atoms with Crippen LogP contribution >= 0.6 is 23.5 Å². The number of benzene rings is 1. The summed E-state index contributed by atoms with van der Waals surface area (Å²) in [6.45, 7) is -0.0575. The van der Waals surface area contributed by atoms with Gasteiger partial charge < -0.3 is 4.90 Å². The third-order valence-electron chi connectivity index (χ3n) is 4.05. The second kappa shape index (κ2) is 5.69. The van der Waals surface area contributed by atoms with Crippen molar-refractivity contribution in [3.63, 3.8) is 0 Å². The van der Waals surface area contributed by atoms with E-state index in [1.165, 1.54) is 28.4 Å². The highest BCUT2D eigenvalue weighted by Crippen LogP contribution is 2.43. The number of nitrogens with zero attached hydrogens (tertiary/aromatic N) is 1. The molecule has 0 atom stereocenters. The van der Waals surface area contributed by atoms with Crippen molar-refractivity contribution in [2.75, 3.05) is 11.4 Å². The summed E-state index contributed by atoms with van der Waals surface area (Å²) in [5, 5.41) is 3.72. The zero-order chi connectivity index (χ0) is 16.0. The van der Waals surface area contributed by atoms with Crippen molar-refractivity contribution in [2.45, 2.75) is 12.8 Å². The minimum Gasteiger partial charge on any atom is -0.304 e. The molecule has 6 heteroatoms. The molecular formula is C17H13NO3S2. The van der Waals surface area contributed by atoms with Crippen LogP contribution in [0.1, 0.15) is 23.2 Å². The van der Waals surface area contributed by atoms with Crippen LogP contribution in [-0.4, -0.2) is 24.0 Å². The number of hydrogen-bond donors (Lipinski definition) is 0. The normalized spacial score (nSPS) is 20.8. The van der Waals surface area contributed by atoms with Gasteiger partial charge in [0, 0.05) is 11.5 Å². The average molecular weight is 343 g/mol. The Balaban J connectivity index is 1.84. The third kappa shape index (κ3) is 2.56. The first-order chi connectivity index (χ1) is 11.2. The Hall–Kier alpha value is -1.79. The fourth-order valence-corrected chi connectivity index (χ4v) is 4.64. The van der Waals surface area contributed by atoms with Crippen LogP contribution in [0.2, 0.25) is 0 Å². The Bertz CT molecular complexity index is 783. The van der Waals surface area contributed by atoms with Crippen molar-refractivity contribution in [3.05, 3.63) is 50.5 Å². The van der Waals surface area contributed by atoms with Crippen LogP contribution in [0.4, 0.5) is 5.69 Å². The molecule has 1 saturated carbocycles. The zero-order valence-electron chi connectivity index (χ0n) is 12.2. The van der Waals surface area contributed by atoms with E-state index in [0.717, 1.165) is 12.8 Å². The van der Waals surface area contributed by atoms with E-state index in [1.54, 1.807) is 24.3 Å². The van der Waals surface area contributed by atoms with Gasteiger partial charge in [-0.3, -0.25) is 14.4 Å². The van der Waals surface area contributed by atoms with Crippen LogP contribution in [0.15, 0.2) is 44.9 Å². The average Bonchev–Trinajstić information content (AvgIpc) is 3.30. The predicted molar refractivity (Wildman–Crippen MR) is 92.2 cm³/mol. The molecule has 0 N–H and O–H groups in total. The van der Waals surface area contributed by atoms with Crippen molar-refractivity contribution in [3.8, 4) is 0 Å². The Morgan fingerprint density at radius 3 is 2.48 bits per heavy atom. The lowest BCUT2D eigenvalue weighted by Crippen LogP contribution is -2.36. The number of rotatable bonds is 1. The van der Waals surface area contributed by atoms with Gasteiger partial charge in [-0.1, -0.05) is 35.7 Å². The summed E-state index contributed by atoms with van der Waals surface area (Å²) in [6.07, 6.45) is 1.73.